The molecule has 5 aromatic rings. The van der Waals surface area contributed by atoms with Crippen molar-refractivity contribution in [2.24, 2.45) is 0 Å². The number of aromatic nitrogens is 2. The fourth-order valence-electron chi connectivity index (χ4n) is 7.43. The molecular formula is C37H38FN3O3S. The molecule has 1 saturated carbocycles. The number of rotatable bonds is 8. The summed E-state index contributed by atoms with van der Waals surface area (Å²) < 4.78 is 23.0. The van der Waals surface area contributed by atoms with Crippen LogP contribution in [0.3, 0.4) is 0 Å². The molecule has 0 amide bonds. The maximum Gasteiger partial charge on any atom is 0.345 e. The topological polar surface area (TPSA) is 67.6 Å². The summed E-state index contributed by atoms with van der Waals surface area (Å²) in [5, 5.41) is 11.0. The first kappa shape index (κ1) is 29.5. The van der Waals surface area contributed by atoms with Gasteiger partial charge in [-0.1, -0.05) is 38.0 Å². The van der Waals surface area contributed by atoms with E-state index in [0.717, 1.165) is 70.3 Å². The van der Waals surface area contributed by atoms with Crippen molar-refractivity contribution in [3.63, 3.8) is 0 Å². The molecule has 3 aromatic heterocycles. The largest absolute Gasteiger partial charge is 0.494 e. The number of ether oxygens (including phenoxy) is 1. The van der Waals surface area contributed by atoms with Crippen LogP contribution >= 0.6 is 11.3 Å². The summed E-state index contributed by atoms with van der Waals surface area (Å²) in [6, 6.07) is 17.6. The van der Waals surface area contributed by atoms with Crippen molar-refractivity contribution in [2.75, 3.05) is 13.7 Å². The van der Waals surface area contributed by atoms with E-state index >= 15 is 0 Å². The van der Waals surface area contributed by atoms with E-state index in [1.54, 1.807) is 6.07 Å². The second-order valence-electron chi connectivity index (χ2n) is 12.5. The van der Waals surface area contributed by atoms with Crippen LogP contribution in [0.4, 0.5) is 4.39 Å². The summed E-state index contributed by atoms with van der Waals surface area (Å²) in [5.41, 5.74) is 7.80. The number of carbonyl (C=O) groups is 1. The number of allylic oxidation sites excluding steroid dienone is 1. The van der Waals surface area contributed by atoms with Crippen molar-refractivity contribution in [3.8, 4) is 28.3 Å². The summed E-state index contributed by atoms with van der Waals surface area (Å²) >= 11 is 1.41. The minimum atomic E-state index is -0.879. The van der Waals surface area contributed by atoms with Crippen LogP contribution in [0.25, 0.3) is 43.6 Å². The van der Waals surface area contributed by atoms with Crippen LogP contribution in [-0.2, 0) is 6.54 Å². The Labute approximate surface area is 266 Å². The average Bonchev–Trinajstić information content (AvgIpc) is 3.75. The Morgan fingerprint density at radius 3 is 2.56 bits per heavy atom. The molecule has 1 atom stereocenters. The van der Waals surface area contributed by atoms with Crippen molar-refractivity contribution in [3.05, 3.63) is 83.1 Å². The van der Waals surface area contributed by atoms with E-state index in [4.69, 9.17) is 9.72 Å². The number of thiophene rings is 1. The van der Waals surface area contributed by atoms with Crippen LogP contribution < -0.4 is 4.74 Å². The predicted molar refractivity (Wildman–Crippen MR) is 180 cm³/mol. The summed E-state index contributed by atoms with van der Waals surface area (Å²) in [6.45, 7) is 8.41. The molecule has 1 unspecified atom stereocenters. The first-order valence-electron chi connectivity index (χ1n) is 15.9. The lowest BCUT2D eigenvalue weighted by Gasteiger charge is -2.28. The number of nitrogens with zero attached hydrogens (tertiary/aromatic N) is 3. The minimum absolute atomic E-state index is 0.207. The SMILES string of the molecule is C=C(Cn1c(-c2ccc3nc(-c4ccc(OC)c(F)c4)ccc3c2)c(C2CCCCC2)c2sc(C(=O)O)cc21)N1CCCC1C. The Balaban J connectivity index is 1.37. The minimum Gasteiger partial charge on any atom is -0.494 e. The molecule has 8 heteroatoms. The van der Waals surface area contributed by atoms with Gasteiger partial charge in [0.05, 0.1) is 40.8 Å². The lowest BCUT2D eigenvalue weighted by atomic mass is 9.83. The number of likely N-dealkylation sites (tertiary alicyclic amines) is 1. The van der Waals surface area contributed by atoms with Gasteiger partial charge < -0.3 is 19.3 Å². The van der Waals surface area contributed by atoms with Gasteiger partial charge in [-0.3, -0.25) is 0 Å². The molecule has 2 fully saturated rings. The zero-order chi connectivity index (χ0) is 31.2. The van der Waals surface area contributed by atoms with Gasteiger partial charge in [0, 0.05) is 29.2 Å². The van der Waals surface area contributed by atoms with Crippen molar-refractivity contribution < 1.29 is 19.0 Å². The third-order valence-electron chi connectivity index (χ3n) is 9.71. The average molecular weight is 624 g/mol. The quantitative estimate of drug-likeness (QED) is 0.187. The molecule has 1 saturated heterocycles. The molecule has 7 rings (SSSR count). The van der Waals surface area contributed by atoms with Crippen LogP contribution in [0, 0.1) is 5.82 Å². The third kappa shape index (κ3) is 5.39. The standard InChI is InChI=1S/C37H38FN3O3S/c1-22-8-7-17-40(22)23(2)21-41-31-20-33(37(42)43)45-36(31)34(24-9-5-4-6-10-24)35(41)27-12-15-29-25(18-27)11-14-30(39-29)26-13-16-32(44-3)28(38)19-26/h11-16,18-20,22,24H,2,4-10,17,21H2,1,3H3,(H,42,43). The fraction of sp³-hybridized carbons (Fsp3) is 0.351. The normalized spacial score (nSPS) is 17.4. The second kappa shape index (κ2) is 12.0. The number of halogens is 1. The molecule has 232 valence electrons. The summed E-state index contributed by atoms with van der Waals surface area (Å²) in [5.74, 6) is -0.717. The van der Waals surface area contributed by atoms with Gasteiger partial charge in [0.25, 0.3) is 0 Å². The molecule has 0 spiro atoms. The number of pyridine rings is 1. The summed E-state index contributed by atoms with van der Waals surface area (Å²) in [4.78, 5) is 19.8. The molecule has 4 heterocycles. The Hall–Kier alpha value is -4.17. The van der Waals surface area contributed by atoms with Gasteiger partial charge in [0.2, 0.25) is 0 Å². The van der Waals surface area contributed by atoms with Gasteiger partial charge in [-0.2, -0.15) is 0 Å². The van der Waals surface area contributed by atoms with E-state index in [0.29, 0.717) is 34.6 Å². The van der Waals surface area contributed by atoms with E-state index in [2.05, 4.69) is 35.1 Å². The van der Waals surface area contributed by atoms with Gasteiger partial charge in [-0.25, -0.2) is 14.2 Å². The van der Waals surface area contributed by atoms with Crippen LogP contribution in [0.2, 0.25) is 0 Å². The third-order valence-corrected chi connectivity index (χ3v) is 10.9. The highest BCUT2D eigenvalue weighted by Gasteiger charge is 2.30. The molecule has 45 heavy (non-hydrogen) atoms. The van der Waals surface area contributed by atoms with Crippen LogP contribution in [0.1, 0.15) is 73.0 Å². The van der Waals surface area contributed by atoms with Gasteiger partial charge in [0.15, 0.2) is 11.6 Å². The number of hydrogen-bond acceptors (Lipinski definition) is 5. The second-order valence-corrected chi connectivity index (χ2v) is 13.6. The number of benzene rings is 2. The Morgan fingerprint density at radius 1 is 1.04 bits per heavy atom. The highest BCUT2D eigenvalue weighted by atomic mass is 32.1. The lowest BCUT2D eigenvalue weighted by Crippen LogP contribution is -2.28. The van der Waals surface area contributed by atoms with Crippen molar-refractivity contribution >= 4 is 38.4 Å². The lowest BCUT2D eigenvalue weighted by molar-refractivity contribution is 0.0702. The monoisotopic (exact) mass is 623 g/mol. The number of aromatic carboxylic acids is 1. The number of carboxylic acids is 1. The molecule has 0 bridgehead atoms. The molecule has 1 aliphatic heterocycles. The molecule has 1 N–H and O–H groups in total. The van der Waals surface area contributed by atoms with Crippen molar-refractivity contribution in [2.45, 2.75) is 70.4 Å². The maximum absolute atomic E-state index is 14.5. The Morgan fingerprint density at radius 2 is 1.84 bits per heavy atom. The number of fused-ring (bicyclic) bond motifs is 2. The zero-order valence-corrected chi connectivity index (χ0v) is 26.6. The number of methoxy groups -OCH3 is 1. The zero-order valence-electron chi connectivity index (χ0n) is 25.8. The smallest absolute Gasteiger partial charge is 0.345 e. The Kier molecular flexibility index (Phi) is 7.86. The van der Waals surface area contributed by atoms with Gasteiger partial charge in [0.1, 0.15) is 4.88 Å². The highest BCUT2D eigenvalue weighted by molar-refractivity contribution is 7.21. The summed E-state index contributed by atoms with van der Waals surface area (Å²) in [6.07, 6.45) is 8.13. The molecular weight excluding hydrogens is 585 g/mol. The molecule has 6 nitrogen and oxygen atoms in total. The molecule has 2 aliphatic rings. The van der Waals surface area contributed by atoms with E-state index in [1.165, 1.54) is 49.3 Å². The van der Waals surface area contributed by atoms with E-state index in [1.807, 2.05) is 30.3 Å². The van der Waals surface area contributed by atoms with Gasteiger partial charge in [-0.05, 0) is 92.1 Å². The van der Waals surface area contributed by atoms with E-state index in [9.17, 15) is 14.3 Å². The molecule has 2 aromatic carbocycles. The van der Waals surface area contributed by atoms with Gasteiger partial charge >= 0.3 is 5.97 Å². The van der Waals surface area contributed by atoms with Crippen LogP contribution in [0.5, 0.6) is 5.75 Å². The number of carboxylic acid groups (broad SMARTS) is 1. The van der Waals surface area contributed by atoms with Crippen LogP contribution in [-0.4, -0.2) is 45.2 Å². The van der Waals surface area contributed by atoms with Crippen molar-refractivity contribution in [1.29, 1.82) is 0 Å². The first-order valence-corrected chi connectivity index (χ1v) is 16.7. The van der Waals surface area contributed by atoms with Crippen LogP contribution in [0.15, 0.2) is 66.9 Å². The molecule has 1 aliphatic carbocycles. The predicted octanol–water partition coefficient (Wildman–Crippen LogP) is 9.48. The number of hydrogen-bond donors (Lipinski definition) is 1. The van der Waals surface area contributed by atoms with E-state index in [-0.39, 0.29) is 5.75 Å². The van der Waals surface area contributed by atoms with Gasteiger partial charge in [-0.15, -0.1) is 11.3 Å². The Bertz CT molecular complexity index is 1940. The highest BCUT2D eigenvalue weighted by Crippen LogP contribution is 2.47. The maximum atomic E-state index is 14.5. The fourth-order valence-corrected chi connectivity index (χ4v) is 8.56. The molecule has 0 radical (unpaired) electrons. The summed E-state index contributed by atoms with van der Waals surface area (Å²) in [7, 11) is 1.46. The van der Waals surface area contributed by atoms with E-state index < -0.39 is 11.8 Å². The van der Waals surface area contributed by atoms with Crippen molar-refractivity contribution in [1.82, 2.24) is 14.5 Å². The first-order chi connectivity index (χ1) is 21.8.